The van der Waals surface area contributed by atoms with Crippen LogP contribution in [0.5, 0.6) is 0 Å². The quantitative estimate of drug-likeness (QED) is 0.326. The standard InChI is InChI=1S/3C8H16.C7H16.2CH4/c3*1-7(2)8-5-3-4-6-8;1-3-5-7-6-4-2;;/h3*7-8H,3-6H2,1-2H3;3-7H2,1-2H3;2*1H4. The zero-order valence-corrected chi connectivity index (χ0v) is 23.5. The minimum Gasteiger partial charge on any atom is -0.0776 e. The van der Waals surface area contributed by atoms with E-state index in [4.69, 9.17) is 0 Å². The molecule has 0 aromatic rings. The minimum atomic E-state index is 0. The van der Waals surface area contributed by atoms with E-state index in [2.05, 4.69) is 55.4 Å². The molecule has 0 radical (unpaired) electrons. The Kier molecular flexibility index (Phi) is 28.6. The van der Waals surface area contributed by atoms with E-state index in [0.717, 1.165) is 35.5 Å². The van der Waals surface area contributed by atoms with Gasteiger partial charge in [0.15, 0.2) is 0 Å². The molecule has 0 nitrogen and oxygen atoms in total. The zero-order chi connectivity index (χ0) is 23.5. The van der Waals surface area contributed by atoms with Gasteiger partial charge in [0.05, 0.1) is 0 Å². The molecule has 0 bridgehead atoms. The summed E-state index contributed by atoms with van der Waals surface area (Å²) in [5.74, 6) is 6.02. The average molecular weight is 469 g/mol. The second-order valence-electron chi connectivity index (χ2n) is 11.9. The van der Waals surface area contributed by atoms with Crippen molar-refractivity contribution in [2.75, 3.05) is 0 Å². The molecule has 204 valence electrons. The smallest absolute Gasteiger partial charge is 0.0391 e. The summed E-state index contributed by atoms with van der Waals surface area (Å²) >= 11 is 0. The molecule has 0 heteroatoms. The van der Waals surface area contributed by atoms with Gasteiger partial charge in [0, 0.05) is 0 Å². The van der Waals surface area contributed by atoms with Gasteiger partial charge in [0.1, 0.15) is 0 Å². The van der Waals surface area contributed by atoms with E-state index in [0.29, 0.717) is 0 Å². The molecule has 0 N–H and O–H groups in total. The maximum atomic E-state index is 2.34. The largest absolute Gasteiger partial charge is 0.0776 e. The van der Waals surface area contributed by atoms with Gasteiger partial charge in [-0.05, 0) is 35.5 Å². The van der Waals surface area contributed by atoms with Gasteiger partial charge in [-0.2, -0.15) is 0 Å². The Morgan fingerprint density at radius 2 is 0.636 bits per heavy atom. The second kappa shape index (κ2) is 25.1. The van der Waals surface area contributed by atoms with Crippen LogP contribution >= 0.6 is 0 Å². The summed E-state index contributed by atoms with van der Waals surface area (Å²) in [5, 5.41) is 0. The second-order valence-corrected chi connectivity index (χ2v) is 11.9. The van der Waals surface area contributed by atoms with Gasteiger partial charge in [-0.25, -0.2) is 0 Å². The first-order valence-corrected chi connectivity index (χ1v) is 14.8. The summed E-state index contributed by atoms with van der Waals surface area (Å²) in [6.07, 6.45) is 24.9. The summed E-state index contributed by atoms with van der Waals surface area (Å²) in [5.41, 5.74) is 0. The first-order chi connectivity index (χ1) is 14.8. The van der Waals surface area contributed by atoms with Crippen LogP contribution in [0.2, 0.25) is 0 Å². The third-order valence-corrected chi connectivity index (χ3v) is 8.24. The van der Waals surface area contributed by atoms with E-state index in [9.17, 15) is 0 Å². The van der Waals surface area contributed by atoms with Crippen molar-refractivity contribution in [2.45, 2.75) is 179 Å². The molecule has 3 saturated carbocycles. The van der Waals surface area contributed by atoms with Crippen molar-refractivity contribution in [3.8, 4) is 0 Å². The van der Waals surface area contributed by atoms with Crippen LogP contribution in [0.3, 0.4) is 0 Å². The molecule has 0 aromatic heterocycles. The molecule has 3 rings (SSSR count). The first kappa shape index (κ1) is 37.5. The van der Waals surface area contributed by atoms with Crippen molar-refractivity contribution in [1.29, 1.82) is 0 Å². The highest BCUT2D eigenvalue weighted by molar-refractivity contribution is 4.70. The summed E-state index contributed by atoms with van der Waals surface area (Å²) in [7, 11) is 0. The van der Waals surface area contributed by atoms with Gasteiger partial charge < -0.3 is 0 Å². The number of hydrogen-bond donors (Lipinski definition) is 0. The molecule has 0 unspecified atom stereocenters. The summed E-state index contributed by atoms with van der Waals surface area (Å²) in [6.45, 7) is 18.6. The topological polar surface area (TPSA) is 0 Å². The molecule has 0 aromatic carbocycles. The van der Waals surface area contributed by atoms with E-state index in [1.807, 2.05) is 0 Å². The molecule has 0 saturated heterocycles. The Bertz CT molecular complexity index is 284. The zero-order valence-electron chi connectivity index (χ0n) is 23.5. The Labute approximate surface area is 214 Å². The van der Waals surface area contributed by atoms with E-state index in [-0.39, 0.29) is 14.9 Å². The van der Waals surface area contributed by atoms with Crippen molar-refractivity contribution in [1.82, 2.24) is 0 Å². The highest BCUT2D eigenvalue weighted by Gasteiger charge is 2.18. The van der Waals surface area contributed by atoms with E-state index < -0.39 is 0 Å². The van der Waals surface area contributed by atoms with Gasteiger partial charge >= 0.3 is 0 Å². The van der Waals surface area contributed by atoms with Gasteiger partial charge in [-0.1, -0.05) is 179 Å². The molecule has 3 aliphatic rings. The number of rotatable bonds is 7. The normalized spacial score (nSPS) is 18.6. The average Bonchev–Trinajstić information content (AvgIpc) is 3.53. The Hall–Kier alpha value is 0. The fourth-order valence-electron chi connectivity index (χ4n) is 5.55. The maximum Gasteiger partial charge on any atom is -0.0391 e. The molecule has 0 heterocycles. The fourth-order valence-corrected chi connectivity index (χ4v) is 5.55. The van der Waals surface area contributed by atoms with Gasteiger partial charge in [0.2, 0.25) is 0 Å². The highest BCUT2D eigenvalue weighted by atomic mass is 14.2. The molecular weight excluding hydrogens is 396 g/mol. The molecule has 0 aliphatic heterocycles. The third-order valence-electron chi connectivity index (χ3n) is 8.24. The lowest BCUT2D eigenvalue weighted by Gasteiger charge is -2.11. The van der Waals surface area contributed by atoms with Crippen LogP contribution < -0.4 is 0 Å². The monoisotopic (exact) mass is 469 g/mol. The minimum absolute atomic E-state index is 0. The molecule has 0 amide bonds. The fraction of sp³-hybridized carbons (Fsp3) is 1.00. The molecule has 3 aliphatic carbocycles. The molecule has 3 fully saturated rings. The number of hydrogen-bond acceptors (Lipinski definition) is 0. The van der Waals surface area contributed by atoms with Gasteiger partial charge in [0.25, 0.3) is 0 Å². The molecule has 0 spiro atoms. The van der Waals surface area contributed by atoms with Gasteiger partial charge in [-0.3, -0.25) is 0 Å². The SMILES string of the molecule is C.C.CC(C)C1CCCC1.CC(C)C1CCCC1.CC(C)C1CCCC1.CCCCCCC. The van der Waals surface area contributed by atoms with Crippen LogP contribution in [0.25, 0.3) is 0 Å². The van der Waals surface area contributed by atoms with Crippen molar-refractivity contribution in [3.05, 3.63) is 0 Å². The first-order valence-electron chi connectivity index (χ1n) is 14.8. The van der Waals surface area contributed by atoms with Crippen molar-refractivity contribution in [3.63, 3.8) is 0 Å². The van der Waals surface area contributed by atoms with Crippen LogP contribution in [0.15, 0.2) is 0 Å². The van der Waals surface area contributed by atoms with Crippen molar-refractivity contribution in [2.24, 2.45) is 35.5 Å². The lowest BCUT2D eigenvalue weighted by Crippen LogP contribution is -2.01. The summed E-state index contributed by atoms with van der Waals surface area (Å²) < 4.78 is 0. The molecular formula is C33H72. The third kappa shape index (κ3) is 21.0. The van der Waals surface area contributed by atoms with Crippen LogP contribution in [0, 0.1) is 35.5 Å². The predicted molar refractivity (Wildman–Crippen MR) is 158 cm³/mol. The summed E-state index contributed by atoms with van der Waals surface area (Å²) in [6, 6.07) is 0. The van der Waals surface area contributed by atoms with E-state index >= 15 is 0 Å². The van der Waals surface area contributed by atoms with Crippen molar-refractivity contribution < 1.29 is 0 Å². The van der Waals surface area contributed by atoms with E-state index in [1.165, 1.54) is 109 Å². The molecule has 33 heavy (non-hydrogen) atoms. The predicted octanol–water partition coefficient (Wildman–Crippen LogP) is 12.7. The van der Waals surface area contributed by atoms with E-state index in [1.54, 1.807) is 0 Å². The van der Waals surface area contributed by atoms with Crippen LogP contribution in [0.1, 0.15) is 179 Å². The molecule has 0 atom stereocenters. The maximum absolute atomic E-state index is 2.34. The lowest BCUT2D eigenvalue weighted by molar-refractivity contribution is 0.396. The lowest BCUT2D eigenvalue weighted by atomic mass is 9.95. The van der Waals surface area contributed by atoms with Crippen LogP contribution in [-0.2, 0) is 0 Å². The summed E-state index contributed by atoms with van der Waals surface area (Å²) in [4.78, 5) is 0. The number of unbranched alkanes of at least 4 members (excludes halogenated alkanes) is 4. The Morgan fingerprint density at radius 3 is 0.758 bits per heavy atom. The Morgan fingerprint density at radius 1 is 0.424 bits per heavy atom. The van der Waals surface area contributed by atoms with Crippen LogP contribution in [-0.4, -0.2) is 0 Å². The highest BCUT2D eigenvalue weighted by Crippen LogP contribution is 2.31. The van der Waals surface area contributed by atoms with Gasteiger partial charge in [-0.15, -0.1) is 0 Å². The van der Waals surface area contributed by atoms with Crippen LogP contribution in [0.4, 0.5) is 0 Å². The van der Waals surface area contributed by atoms with Crippen molar-refractivity contribution >= 4 is 0 Å². The Balaban J connectivity index is -0.000000357.